The molecule has 2 aromatic rings. The van der Waals surface area contributed by atoms with E-state index in [1.165, 1.54) is 12.1 Å². The van der Waals surface area contributed by atoms with Crippen LogP contribution in [0.15, 0.2) is 47.6 Å². The summed E-state index contributed by atoms with van der Waals surface area (Å²) in [6.07, 6.45) is 4.62. The van der Waals surface area contributed by atoms with Crippen LogP contribution in [-0.4, -0.2) is 35.7 Å². The molecule has 8 heteroatoms. The van der Waals surface area contributed by atoms with Gasteiger partial charge in [-0.3, -0.25) is 0 Å². The zero-order chi connectivity index (χ0) is 20.9. The van der Waals surface area contributed by atoms with E-state index in [-0.39, 0.29) is 36.4 Å². The Kier molecular flexibility index (Phi) is 13.0. The SMILES string of the molecule is CCCC(CCO)CNC(=NCc1ccnc(Oc2ccc(F)cc2)c1)NCC.I. The van der Waals surface area contributed by atoms with Crippen molar-refractivity contribution in [2.24, 2.45) is 10.9 Å². The van der Waals surface area contributed by atoms with Gasteiger partial charge >= 0.3 is 0 Å². The smallest absolute Gasteiger partial charge is 0.219 e. The molecule has 0 saturated heterocycles. The van der Waals surface area contributed by atoms with E-state index in [2.05, 4.69) is 27.5 Å². The van der Waals surface area contributed by atoms with Crippen LogP contribution in [0.2, 0.25) is 0 Å². The van der Waals surface area contributed by atoms with E-state index in [0.717, 1.165) is 43.9 Å². The van der Waals surface area contributed by atoms with Gasteiger partial charge in [-0.2, -0.15) is 0 Å². The van der Waals surface area contributed by atoms with Gasteiger partial charge in [-0.25, -0.2) is 14.4 Å². The molecule has 0 aliphatic carbocycles. The van der Waals surface area contributed by atoms with Crippen LogP contribution in [0, 0.1) is 11.7 Å². The maximum absolute atomic E-state index is 13.0. The molecule has 0 aliphatic heterocycles. The summed E-state index contributed by atoms with van der Waals surface area (Å²) in [4.78, 5) is 8.84. The van der Waals surface area contributed by atoms with Crippen LogP contribution >= 0.6 is 24.0 Å². The Morgan fingerprint density at radius 3 is 2.60 bits per heavy atom. The van der Waals surface area contributed by atoms with Gasteiger partial charge in [0.2, 0.25) is 5.88 Å². The zero-order valence-electron chi connectivity index (χ0n) is 17.6. The number of benzene rings is 1. The van der Waals surface area contributed by atoms with Crippen molar-refractivity contribution in [1.82, 2.24) is 15.6 Å². The van der Waals surface area contributed by atoms with E-state index >= 15 is 0 Å². The molecule has 1 aromatic heterocycles. The molecule has 1 unspecified atom stereocenters. The fraction of sp³-hybridized carbons (Fsp3) is 0.455. The topological polar surface area (TPSA) is 78.8 Å². The number of pyridine rings is 1. The maximum Gasteiger partial charge on any atom is 0.219 e. The minimum Gasteiger partial charge on any atom is -0.439 e. The van der Waals surface area contributed by atoms with Gasteiger partial charge in [0.05, 0.1) is 6.54 Å². The largest absolute Gasteiger partial charge is 0.439 e. The van der Waals surface area contributed by atoms with Gasteiger partial charge in [0.25, 0.3) is 0 Å². The average molecular weight is 530 g/mol. The Labute approximate surface area is 195 Å². The Bertz CT molecular complexity index is 753. The van der Waals surface area contributed by atoms with Crippen LogP contribution in [0.1, 0.15) is 38.7 Å². The van der Waals surface area contributed by atoms with Crippen molar-refractivity contribution in [3.8, 4) is 11.6 Å². The van der Waals surface area contributed by atoms with Gasteiger partial charge in [0, 0.05) is 32.0 Å². The summed E-state index contributed by atoms with van der Waals surface area (Å²) < 4.78 is 18.7. The second kappa shape index (κ2) is 15.0. The number of ether oxygens (including phenoxy) is 1. The number of rotatable bonds is 11. The molecule has 6 nitrogen and oxygen atoms in total. The summed E-state index contributed by atoms with van der Waals surface area (Å²) in [6.45, 7) is 6.38. The van der Waals surface area contributed by atoms with Crippen molar-refractivity contribution < 1.29 is 14.2 Å². The molecule has 0 aliphatic rings. The molecule has 1 heterocycles. The molecule has 1 atom stereocenters. The summed E-state index contributed by atoms with van der Waals surface area (Å²) in [7, 11) is 0. The number of aliphatic imine (C=N–C) groups is 1. The maximum atomic E-state index is 13.0. The van der Waals surface area contributed by atoms with Gasteiger partial charge in [-0.05, 0) is 61.6 Å². The molecule has 0 saturated carbocycles. The number of guanidine groups is 1. The number of nitrogens with zero attached hydrogens (tertiary/aromatic N) is 2. The fourth-order valence-corrected chi connectivity index (χ4v) is 2.92. The van der Waals surface area contributed by atoms with Gasteiger partial charge in [0.1, 0.15) is 11.6 Å². The predicted octanol–water partition coefficient (Wildman–Crippen LogP) is 4.48. The Morgan fingerprint density at radius 1 is 1.17 bits per heavy atom. The van der Waals surface area contributed by atoms with Crippen LogP contribution in [0.5, 0.6) is 11.6 Å². The summed E-state index contributed by atoms with van der Waals surface area (Å²) in [5.41, 5.74) is 0.954. The van der Waals surface area contributed by atoms with Crippen molar-refractivity contribution in [2.75, 3.05) is 19.7 Å². The average Bonchev–Trinajstić information content (AvgIpc) is 2.72. The third-order valence-electron chi connectivity index (χ3n) is 4.39. The lowest BCUT2D eigenvalue weighted by Crippen LogP contribution is -2.40. The monoisotopic (exact) mass is 530 g/mol. The molecule has 0 spiro atoms. The highest BCUT2D eigenvalue weighted by molar-refractivity contribution is 14.0. The number of hydrogen-bond acceptors (Lipinski definition) is 4. The van der Waals surface area contributed by atoms with Gasteiger partial charge in [-0.1, -0.05) is 13.3 Å². The fourth-order valence-electron chi connectivity index (χ4n) is 2.92. The molecular weight excluding hydrogens is 498 g/mol. The highest BCUT2D eigenvalue weighted by Crippen LogP contribution is 2.20. The number of nitrogens with one attached hydrogen (secondary N) is 2. The summed E-state index contributed by atoms with van der Waals surface area (Å²) in [5.74, 6) is 1.82. The van der Waals surface area contributed by atoms with E-state index in [1.807, 2.05) is 19.1 Å². The van der Waals surface area contributed by atoms with Crippen LogP contribution in [0.3, 0.4) is 0 Å². The zero-order valence-corrected chi connectivity index (χ0v) is 19.9. The second-order valence-electron chi connectivity index (χ2n) is 6.80. The Morgan fingerprint density at radius 2 is 1.93 bits per heavy atom. The van der Waals surface area contributed by atoms with Gasteiger partial charge < -0.3 is 20.5 Å². The van der Waals surface area contributed by atoms with Crippen LogP contribution < -0.4 is 15.4 Å². The first-order valence-electron chi connectivity index (χ1n) is 10.2. The van der Waals surface area contributed by atoms with Crippen LogP contribution in [0.25, 0.3) is 0 Å². The number of aliphatic hydroxyl groups is 1. The summed E-state index contributed by atoms with van der Waals surface area (Å²) >= 11 is 0. The van der Waals surface area contributed by atoms with E-state index < -0.39 is 0 Å². The summed E-state index contributed by atoms with van der Waals surface area (Å²) in [6, 6.07) is 9.53. The molecule has 1 aromatic carbocycles. The van der Waals surface area contributed by atoms with Crippen LogP contribution in [0.4, 0.5) is 4.39 Å². The van der Waals surface area contributed by atoms with Crippen molar-refractivity contribution in [3.63, 3.8) is 0 Å². The first-order chi connectivity index (χ1) is 14.1. The van der Waals surface area contributed by atoms with Gasteiger partial charge in [0.15, 0.2) is 5.96 Å². The molecule has 0 radical (unpaired) electrons. The molecule has 30 heavy (non-hydrogen) atoms. The molecule has 3 N–H and O–H groups in total. The standard InChI is InChI=1S/C22H31FN4O2.HI/c1-3-5-17(11-13-28)15-26-22(24-4-2)27-16-18-10-12-25-21(14-18)29-20-8-6-19(23)7-9-20;/h6-10,12,14,17,28H,3-5,11,13,15-16H2,1-2H3,(H2,24,26,27);1H. The molecular formula is C22H32FIN4O2. The third kappa shape index (κ3) is 9.71. The lowest BCUT2D eigenvalue weighted by molar-refractivity contribution is 0.251. The lowest BCUT2D eigenvalue weighted by Gasteiger charge is -2.18. The van der Waals surface area contributed by atoms with E-state index in [4.69, 9.17) is 4.74 Å². The van der Waals surface area contributed by atoms with Crippen molar-refractivity contribution in [3.05, 3.63) is 54.0 Å². The third-order valence-corrected chi connectivity index (χ3v) is 4.39. The van der Waals surface area contributed by atoms with E-state index in [1.54, 1.807) is 18.3 Å². The number of aromatic nitrogens is 1. The number of hydrogen-bond donors (Lipinski definition) is 3. The summed E-state index contributed by atoms with van der Waals surface area (Å²) in [5, 5.41) is 15.8. The quantitative estimate of drug-likeness (QED) is 0.227. The molecule has 0 amide bonds. The highest BCUT2D eigenvalue weighted by Gasteiger charge is 2.08. The van der Waals surface area contributed by atoms with E-state index in [9.17, 15) is 9.50 Å². The molecule has 166 valence electrons. The van der Waals surface area contributed by atoms with Crippen molar-refractivity contribution >= 4 is 29.9 Å². The van der Waals surface area contributed by atoms with Gasteiger partial charge in [-0.15, -0.1) is 24.0 Å². The first kappa shape index (κ1) is 26.1. The Hall–Kier alpha value is -1.94. The van der Waals surface area contributed by atoms with Crippen molar-refractivity contribution in [2.45, 2.75) is 39.7 Å². The minimum atomic E-state index is -0.308. The predicted molar refractivity (Wildman–Crippen MR) is 129 cm³/mol. The highest BCUT2D eigenvalue weighted by atomic mass is 127. The number of halogens is 2. The molecule has 0 fully saturated rings. The molecule has 0 bridgehead atoms. The number of aliphatic hydroxyl groups excluding tert-OH is 1. The Balaban J connectivity index is 0.00000450. The first-order valence-corrected chi connectivity index (χ1v) is 10.2. The minimum absolute atomic E-state index is 0. The lowest BCUT2D eigenvalue weighted by atomic mass is 10.0. The van der Waals surface area contributed by atoms with Crippen molar-refractivity contribution in [1.29, 1.82) is 0 Å². The van der Waals surface area contributed by atoms with E-state index in [0.29, 0.717) is 24.1 Å². The van der Waals surface area contributed by atoms with Crippen LogP contribution in [-0.2, 0) is 6.54 Å². The normalized spacial score (nSPS) is 12.1. The second-order valence-corrected chi connectivity index (χ2v) is 6.80. The molecule has 2 rings (SSSR count).